The first-order chi connectivity index (χ1) is 8.28. The molecule has 18 heavy (non-hydrogen) atoms. The highest BCUT2D eigenvalue weighted by Crippen LogP contribution is 2.29. The number of hydrogen-bond acceptors (Lipinski definition) is 3. The van der Waals surface area contributed by atoms with E-state index in [-0.39, 0.29) is 5.54 Å². The van der Waals surface area contributed by atoms with Gasteiger partial charge in [-0.1, -0.05) is 0 Å². The fourth-order valence-corrected chi connectivity index (χ4v) is 2.10. The van der Waals surface area contributed by atoms with Gasteiger partial charge in [0.1, 0.15) is 5.69 Å². The van der Waals surface area contributed by atoms with Crippen LogP contribution in [0.1, 0.15) is 19.5 Å². The molecule has 1 aliphatic rings. The number of hydrogen-bond donors (Lipinski definition) is 1. The van der Waals surface area contributed by atoms with Crippen molar-refractivity contribution in [3.8, 4) is 0 Å². The van der Waals surface area contributed by atoms with Crippen LogP contribution >= 0.6 is 0 Å². The van der Waals surface area contributed by atoms with Gasteiger partial charge in [-0.05, 0) is 26.0 Å². The molecular formula is C12H16F3N3. The minimum atomic E-state index is -4.37. The van der Waals surface area contributed by atoms with Gasteiger partial charge in [-0.25, -0.2) is 4.98 Å². The second-order valence-corrected chi connectivity index (χ2v) is 5.13. The van der Waals surface area contributed by atoms with Gasteiger partial charge in [0.05, 0.1) is 11.9 Å². The number of anilines is 1. The summed E-state index contributed by atoms with van der Waals surface area (Å²) in [5, 5.41) is 3.35. The maximum absolute atomic E-state index is 12.4. The van der Waals surface area contributed by atoms with Gasteiger partial charge in [-0.2, -0.15) is 13.2 Å². The number of piperazine rings is 1. The van der Waals surface area contributed by atoms with Gasteiger partial charge in [0, 0.05) is 25.2 Å². The van der Waals surface area contributed by atoms with Gasteiger partial charge in [0.15, 0.2) is 0 Å². The fourth-order valence-electron chi connectivity index (χ4n) is 2.10. The van der Waals surface area contributed by atoms with Crippen molar-refractivity contribution in [2.45, 2.75) is 25.6 Å². The summed E-state index contributed by atoms with van der Waals surface area (Å²) in [5.74, 6) is 0. The van der Waals surface area contributed by atoms with Gasteiger partial charge >= 0.3 is 6.18 Å². The second-order valence-electron chi connectivity index (χ2n) is 5.13. The van der Waals surface area contributed by atoms with Crippen molar-refractivity contribution in [2.75, 3.05) is 24.5 Å². The Balaban J connectivity index is 2.15. The molecule has 1 fully saturated rings. The summed E-state index contributed by atoms with van der Waals surface area (Å²) in [6.45, 7) is 6.47. The van der Waals surface area contributed by atoms with Crippen LogP contribution in [0.4, 0.5) is 18.9 Å². The highest BCUT2D eigenvalue weighted by molar-refractivity contribution is 5.46. The largest absolute Gasteiger partial charge is 0.433 e. The third-order valence-electron chi connectivity index (χ3n) is 2.97. The third kappa shape index (κ3) is 2.93. The number of aromatic nitrogens is 1. The Morgan fingerprint density at radius 3 is 2.56 bits per heavy atom. The van der Waals surface area contributed by atoms with Crippen LogP contribution in [0, 0.1) is 0 Å². The molecule has 0 aromatic carbocycles. The Morgan fingerprint density at radius 2 is 2.06 bits per heavy atom. The van der Waals surface area contributed by atoms with Crippen LogP contribution in [0.25, 0.3) is 0 Å². The van der Waals surface area contributed by atoms with E-state index in [9.17, 15) is 13.2 Å². The average molecular weight is 259 g/mol. The van der Waals surface area contributed by atoms with E-state index in [0.717, 1.165) is 31.4 Å². The number of halogens is 3. The molecular weight excluding hydrogens is 243 g/mol. The summed E-state index contributed by atoms with van der Waals surface area (Å²) < 4.78 is 37.2. The van der Waals surface area contributed by atoms with Crippen molar-refractivity contribution in [1.29, 1.82) is 0 Å². The molecule has 1 aliphatic heterocycles. The molecule has 0 saturated carbocycles. The van der Waals surface area contributed by atoms with Crippen molar-refractivity contribution in [1.82, 2.24) is 10.3 Å². The Kier molecular flexibility index (Phi) is 3.23. The van der Waals surface area contributed by atoms with Crippen LogP contribution < -0.4 is 10.2 Å². The van der Waals surface area contributed by atoms with Crippen molar-refractivity contribution < 1.29 is 13.2 Å². The molecule has 0 amide bonds. The quantitative estimate of drug-likeness (QED) is 0.838. The van der Waals surface area contributed by atoms with Gasteiger partial charge in [-0.15, -0.1) is 0 Å². The zero-order valence-electron chi connectivity index (χ0n) is 10.4. The molecule has 0 unspecified atom stereocenters. The van der Waals surface area contributed by atoms with E-state index in [4.69, 9.17) is 0 Å². The average Bonchev–Trinajstić information content (AvgIpc) is 2.27. The van der Waals surface area contributed by atoms with Gasteiger partial charge in [0.2, 0.25) is 0 Å². The molecule has 2 rings (SSSR count). The summed E-state index contributed by atoms with van der Waals surface area (Å²) in [6.07, 6.45) is -3.08. The van der Waals surface area contributed by atoms with Crippen molar-refractivity contribution >= 4 is 5.69 Å². The van der Waals surface area contributed by atoms with Crippen LogP contribution in [0.15, 0.2) is 18.3 Å². The van der Waals surface area contributed by atoms with Crippen molar-refractivity contribution in [2.24, 2.45) is 0 Å². The first kappa shape index (κ1) is 13.1. The molecule has 1 aromatic rings. The van der Waals surface area contributed by atoms with E-state index in [1.807, 2.05) is 4.90 Å². The minimum absolute atomic E-state index is 0.0407. The SMILES string of the molecule is CC1(C)CN(c2ccc(C(F)(F)F)nc2)CCN1. The Morgan fingerprint density at radius 1 is 1.33 bits per heavy atom. The number of nitrogens with one attached hydrogen (secondary N) is 1. The summed E-state index contributed by atoms with van der Waals surface area (Å²) in [4.78, 5) is 5.53. The standard InChI is InChI=1S/C12H16F3N3/c1-11(2)8-18(6-5-17-11)9-3-4-10(16-7-9)12(13,14)15/h3-4,7,17H,5-6,8H2,1-2H3. The number of alkyl halides is 3. The zero-order chi connectivity index (χ0) is 13.4. The van der Waals surface area contributed by atoms with E-state index in [1.165, 1.54) is 12.3 Å². The molecule has 1 N–H and O–H groups in total. The van der Waals surface area contributed by atoms with E-state index < -0.39 is 11.9 Å². The molecule has 0 radical (unpaired) electrons. The highest BCUT2D eigenvalue weighted by atomic mass is 19.4. The predicted molar refractivity (Wildman–Crippen MR) is 63.5 cm³/mol. The number of nitrogens with zero attached hydrogens (tertiary/aromatic N) is 2. The molecule has 0 bridgehead atoms. The lowest BCUT2D eigenvalue weighted by Crippen LogP contribution is -2.57. The van der Waals surface area contributed by atoms with Crippen LogP contribution in [-0.2, 0) is 6.18 Å². The van der Waals surface area contributed by atoms with Gasteiger partial charge in [-0.3, -0.25) is 0 Å². The van der Waals surface area contributed by atoms with E-state index in [0.29, 0.717) is 0 Å². The fraction of sp³-hybridized carbons (Fsp3) is 0.583. The molecule has 1 aromatic heterocycles. The van der Waals surface area contributed by atoms with Crippen molar-refractivity contribution in [3.63, 3.8) is 0 Å². The van der Waals surface area contributed by atoms with E-state index >= 15 is 0 Å². The Hall–Kier alpha value is -1.30. The maximum atomic E-state index is 12.4. The molecule has 6 heteroatoms. The lowest BCUT2D eigenvalue weighted by Gasteiger charge is -2.40. The normalized spacial score (nSPS) is 19.9. The molecule has 0 atom stereocenters. The topological polar surface area (TPSA) is 28.2 Å². The smallest absolute Gasteiger partial charge is 0.367 e. The van der Waals surface area contributed by atoms with Gasteiger partial charge in [0.25, 0.3) is 0 Å². The van der Waals surface area contributed by atoms with Crippen LogP contribution in [0.3, 0.4) is 0 Å². The first-order valence-electron chi connectivity index (χ1n) is 5.81. The number of rotatable bonds is 1. The molecule has 3 nitrogen and oxygen atoms in total. The molecule has 2 heterocycles. The summed E-state index contributed by atoms with van der Waals surface area (Å²) in [6, 6.07) is 2.52. The van der Waals surface area contributed by atoms with Crippen LogP contribution in [-0.4, -0.2) is 30.2 Å². The van der Waals surface area contributed by atoms with Crippen LogP contribution in [0.5, 0.6) is 0 Å². The molecule has 0 aliphatic carbocycles. The summed E-state index contributed by atoms with van der Waals surface area (Å²) in [5.41, 5.74) is -0.153. The zero-order valence-corrected chi connectivity index (χ0v) is 10.4. The summed E-state index contributed by atoms with van der Waals surface area (Å²) >= 11 is 0. The van der Waals surface area contributed by atoms with E-state index in [2.05, 4.69) is 24.1 Å². The third-order valence-corrected chi connectivity index (χ3v) is 2.97. The lowest BCUT2D eigenvalue weighted by molar-refractivity contribution is -0.141. The highest BCUT2D eigenvalue weighted by Gasteiger charge is 2.32. The summed E-state index contributed by atoms with van der Waals surface area (Å²) in [7, 11) is 0. The van der Waals surface area contributed by atoms with Crippen molar-refractivity contribution in [3.05, 3.63) is 24.0 Å². The molecule has 100 valence electrons. The monoisotopic (exact) mass is 259 g/mol. The first-order valence-corrected chi connectivity index (χ1v) is 5.81. The Labute approximate surface area is 104 Å². The maximum Gasteiger partial charge on any atom is 0.433 e. The minimum Gasteiger partial charge on any atom is -0.367 e. The van der Waals surface area contributed by atoms with Crippen LogP contribution in [0.2, 0.25) is 0 Å². The van der Waals surface area contributed by atoms with Gasteiger partial charge < -0.3 is 10.2 Å². The number of pyridine rings is 1. The second kappa shape index (κ2) is 4.42. The lowest BCUT2D eigenvalue weighted by atomic mass is 10.0. The van der Waals surface area contributed by atoms with E-state index in [1.54, 1.807) is 0 Å². The molecule has 0 spiro atoms. The Bertz CT molecular complexity index is 412. The predicted octanol–water partition coefficient (Wildman–Crippen LogP) is 2.29. The molecule has 1 saturated heterocycles.